The average Bonchev–Trinajstić information content (AvgIpc) is 2.66. The normalized spacial score (nSPS) is 10.1. The maximum absolute atomic E-state index is 8.92. The van der Waals surface area contributed by atoms with Crippen LogP contribution in [0, 0.1) is 11.3 Å². The molecule has 18 heavy (non-hydrogen) atoms. The van der Waals surface area contributed by atoms with Crippen LogP contribution in [0.3, 0.4) is 0 Å². The second-order valence-corrected chi connectivity index (χ2v) is 4.12. The molecule has 1 aromatic carbocycles. The van der Waals surface area contributed by atoms with E-state index >= 15 is 0 Å². The van der Waals surface area contributed by atoms with Crippen molar-refractivity contribution in [2.24, 2.45) is 7.05 Å². The Bertz CT molecular complexity index is 642. The summed E-state index contributed by atoms with van der Waals surface area (Å²) in [5, 5.41) is 9.48. The van der Waals surface area contributed by atoms with Crippen molar-refractivity contribution in [2.45, 2.75) is 0 Å². The molecule has 2 aromatic rings. The number of hydrogen-bond donors (Lipinski definition) is 1. The number of nitrogen functional groups attached to an aromatic ring is 1. The number of benzene rings is 1. The summed E-state index contributed by atoms with van der Waals surface area (Å²) in [7, 11) is 3.29. The maximum atomic E-state index is 8.92. The molecule has 0 aliphatic carbocycles. The molecule has 0 aliphatic rings. The summed E-state index contributed by atoms with van der Waals surface area (Å²) < 4.78 is 6.89. The number of nitrogens with zero attached hydrogens (tertiary/aromatic N) is 3. The molecule has 1 aromatic heterocycles. The lowest BCUT2D eigenvalue weighted by Crippen LogP contribution is -2.00. The highest BCUT2D eigenvalue weighted by molar-refractivity contribution is 6.30. The molecule has 0 atom stereocenters. The van der Waals surface area contributed by atoms with Gasteiger partial charge < -0.3 is 15.0 Å². The Balaban J connectivity index is 2.69. The molecule has 2 N–H and O–H groups in total. The van der Waals surface area contributed by atoms with Gasteiger partial charge in [-0.15, -0.1) is 0 Å². The van der Waals surface area contributed by atoms with Gasteiger partial charge in [-0.3, -0.25) is 0 Å². The van der Waals surface area contributed by atoms with Gasteiger partial charge in [-0.25, -0.2) is 4.98 Å². The van der Waals surface area contributed by atoms with Crippen LogP contribution in [0.5, 0.6) is 5.75 Å². The Morgan fingerprint density at radius 1 is 1.50 bits per heavy atom. The molecule has 0 saturated heterocycles. The molecule has 2 rings (SSSR count). The smallest absolute Gasteiger partial charge is 0.183 e. The van der Waals surface area contributed by atoms with Crippen LogP contribution in [0.25, 0.3) is 11.4 Å². The number of nitriles is 1. The predicted molar refractivity (Wildman–Crippen MR) is 69.3 cm³/mol. The fourth-order valence-corrected chi connectivity index (χ4v) is 1.86. The van der Waals surface area contributed by atoms with E-state index in [2.05, 4.69) is 4.98 Å². The summed E-state index contributed by atoms with van der Waals surface area (Å²) >= 11 is 5.97. The summed E-state index contributed by atoms with van der Waals surface area (Å²) in [5.74, 6) is 1.48. The standard InChI is InChI=1S/C12H11ClN4O/c1-17-11(15)9(6-14)16-12(17)8-5-7(13)3-4-10(8)18-2/h3-5H,15H2,1-2H3. The van der Waals surface area contributed by atoms with E-state index in [0.29, 0.717) is 28.0 Å². The van der Waals surface area contributed by atoms with E-state index in [-0.39, 0.29) is 5.69 Å². The van der Waals surface area contributed by atoms with Crippen LogP contribution >= 0.6 is 11.6 Å². The molecular formula is C12H11ClN4O. The van der Waals surface area contributed by atoms with Gasteiger partial charge in [-0.2, -0.15) is 5.26 Å². The van der Waals surface area contributed by atoms with E-state index in [1.165, 1.54) is 0 Å². The lowest BCUT2D eigenvalue weighted by atomic mass is 10.2. The third-order valence-electron chi connectivity index (χ3n) is 2.65. The lowest BCUT2D eigenvalue weighted by Gasteiger charge is -2.09. The first-order chi connectivity index (χ1) is 8.58. The molecule has 0 fully saturated rings. The number of halogens is 1. The van der Waals surface area contributed by atoms with Crippen LogP contribution in [0.1, 0.15) is 5.69 Å². The van der Waals surface area contributed by atoms with Gasteiger partial charge in [-0.1, -0.05) is 11.6 Å². The van der Waals surface area contributed by atoms with Crippen molar-refractivity contribution < 1.29 is 4.74 Å². The summed E-state index contributed by atoms with van der Waals surface area (Å²) in [6.45, 7) is 0. The quantitative estimate of drug-likeness (QED) is 0.900. The minimum Gasteiger partial charge on any atom is -0.496 e. The molecule has 92 valence electrons. The van der Waals surface area contributed by atoms with Gasteiger partial charge >= 0.3 is 0 Å². The Hall–Kier alpha value is -2.19. The van der Waals surface area contributed by atoms with Crippen molar-refractivity contribution in [2.75, 3.05) is 12.8 Å². The molecule has 0 unspecified atom stereocenters. The van der Waals surface area contributed by atoms with Crippen molar-refractivity contribution in [3.63, 3.8) is 0 Å². The second kappa shape index (κ2) is 4.59. The molecule has 0 spiro atoms. The van der Waals surface area contributed by atoms with Gasteiger partial charge in [0.25, 0.3) is 0 Å². The molecule has 0 amide bonds. The van der Waals surface area contributed by atoms with Crippen LogP contribution < -0.4 is 10.5 Å². The Morgan fingerprint density at radius 2 is 2.22 bits per heavy atom. The van der Waals surface area contributed by atoms with Crippen LogP contribution in [-0.4, -0.2) is 16.7 Å². The average molecular weight is 263 g/mol. The van der Waals surface area contributed by atoms with E-state index in [9.17, 15) is 0 Å². The first kappa shape index (κ1) is 12.3. The highest BCUT2D eigenvalue weighted by Gasteiger charge is 2.16. The lowest BCUT2D eigenvalue weighted by molar-refractivity contribution is 0.416. The third kappa shape index (κ3) is 1.87. The fraction of sp³-hybridized carbons (Fsp3) is 0.167. The molecule has 0 aliphatic heterocycles. The van der Waals surface area contributed by atoms with E-state index in [4.69, 9.17) is 27.3 Å². The van der Waals surface area contributed by atoms with E-state index in [1.807, 2.05) is 6.07 Å². The monoisotopic (exact) mass is 262 g/mol. The number of ether oxygens (including phenoxy) is 1. The van der Waals surface area contributed by atoms with Gasteiger partial charge in [0.05, 0.1) is 12.7 Å². The summed E-state index contributed by atoms with van der Waals surface area (Å²) in [5.41, 5.74) is 6.67. The van der Waals surface area contributed by atoms with Crippen molar-refractivity contribution >= 4 is 17.4 Å². The molecule has 1 heterocycles. The summed E-state index contributed by atoms with van der Waals surface area (Å²) in [4.78, 5) is 4.19. The number of rotatable bonds is 2. The second-order valence-electron chi connectivity index (χ2n) is 3.68. The van der Waals surface area contributed by atoms with Gasteiger partial charge in [0.2, 0.25) is 0 Å². The Morgan fingerprint density at radius 3 is 2.78 bits per heavy atom. The molecule has 0 radical (unpaired) electrons. The molecule has 5 nitrogen and oxygen atoms in total. The van der Waals surface area contributed by atoms with Crippen molar-refractivity contribution in [1.29, 1.82) is 5.26 Å². The first-order valence-electron chi connectivity index (χ1n) is 5.14. The van der Waals surface area contributed by atoms with Crippen molar-refractivity contribution in [1.82, 2.24) is 9.55 Å². The number of aromatic nitrogens is 2. The number of imidazole rings is 1. The van der Waals surface area contributed by atoms with Crippen molar-refractivity contribution in [3.8, 4) is 23.2 Å². The first-order valence-corrected chi connectivity index (χ1v) is 5.52. The Labute approximate surface area is 109 Å². The zero-order valence-corrected chi connectivity index (χ0v) is 10.7. The fourth-order valence-electron chi connectivity index (χ4n) is 1.69. The number of anilines is 1. The van der Waals surface area contributed by atoms with Crippen LogP contribution in [0.15, 0.2) is 18.2 Å². The zero-order valence-electron chi connectivity index (χ0n) is 9.94. The molecule has 6 heteroatoms. The SMILES string of the molecule is COc1ccc(Cl)cc1-c1nc(C#N)c(N)n1C. The predicted octanol–water partition coefficient (Wildman–Crippen LogP) is 2.20. The van der Waals surface area contributed by atoms with Gasteiger partial charge in [0.1, 0.15) is 23.5 Å². The highest BCUT2D eigenvalue weighted by atomic mass is 35.5. The van der Waals surface area contributed by atoms with Crippen LogP contribution in [0.4, 0.5) is 5.82 Å². The highest BCUT2D eigenvalue weighted by Crippen LogP contribution is 2.33. The number of nitrogens with two attached hydrogens (primary N) is 1. The summed E-state index contributed by atoms with van der Waals surface area (Å²) in [6.07, 6.45) is 0. The topological polar surface area (TPSA) is 76.9 Å². The minimum atomic E-state index is 0.189. The molecule has 0 bridgehead atoms. The van der Waals surface area contributed by atoms with E-state index < -0.39 is 0 Å². The number of methoxy groups -OCH3 is 1. The summed E-state index contributed by atoms with van der Waals surface area (Å²) in [6, 6.07) is 7.14. The van der Waals surface area contributed by atoms with E-state index in [0.717, 1.165) is 0 Å². The Kier molecular flexibility index (Phi) is 3.13. The maximum Gasteiger partial charge on any atom is 0.183 e. The number of hydrogen-bond acceptors (Lipinski definition) is 4. The largest absolute Gasteiger partial charge is 0.496 e. The van der Waals surface area contributed by atoms with Gasteiger partial charge in [0.15, 0.2) is 5.69 Å². The van der Waals surface area contributed by atoms with Crippen LogP contribution in [-0.2, 0) is 7.05 Å². The zero-order chi connectivity index (χ0) is 13.3. The van der Waals surface area contributed by atoms with Crippen LogP contribution in [0.2, 0.25) is 5.02 Å². The van der Waals surface area contributed by atoms with E-state index in [1.54, 1.807) is 36.9 Å². The molecule has 0 saturated carbocycles. The van der Waals surface area contributed by atoms with Gasteiger partial charge in [-0.05, 0) is 18.2 Å². The van der Waals surface area contributed by atoms with Gasteiger partial charge in [0, 0.05) is 12.1 Å². The van der Waals surface area contributed by atoms with Crippen molar-refractivity contribution in [3.05, 3.63) is 28.9 Å². The minimum absolute atomic E-state index is 0.189. The third-order valence-corrected chi connectivity index (χ3v) is 2.88. The molecular weight excluding hydrogens is 252 g/mol.